The molecule has 0 aliphatic carbocycles. The van der Waals surface area contributed by atoms with Crippen molar-refractivity contribution in [1.29, 1.82) is 0 Å². The van der Waals surface area contributed by atoms with Gasteiger partial charge in [-0.15, -0.1) is 11.6 Å². The lowest BCUT2D eigenvalue weighted by Crippen LogP contribution is -2.01. The maximum Gasteiger partial charge on any atom is 0.164 e. The number of halogens is 2. The molecule has 0 spiro atoms. The Balaban J connectivity index is 2.86. The molecule has 0 aliphatic rings. The molecule has 0 atom stereocenters. The molecule has 1 aromatic rings. The molecule has 2 nitrogen and oxygen atoms in total. The van der Waals surface area contributed by atoms with E-state index in [2.05, 4.69) is 0 Å². The number of Topliss-reactive ketones (excluding diaryl/α,β-unsaturated/α-hetero) is 1. The van der Waals surface area contributed by atoms with Crippen LogP contribution in [0.3, 0.4) is 0 Å². The molecule has 82 valence electrons. The minimum absolute atomic E-state index is 0.000417. The molecule has 0 unspecified atom stereocenters. The summed E-state index contributed by atoms with van der Waals surface area (Å²) < 4.78 is 5.03. The SMILES string of the molecule is COc1ccc(Cl)c(C(=O)CCCCl)c1. The Bertz CT molecular complexity index is 350. The van der Waals surface area contributed by atoms with Gasteiger partial charge in [0, 0.05) is 17.9 Å². The van der Waals surface area contributed by atoms with Crippen molar-refractivity contribution in [2.24, 2.45) is 0 Å². The summed E-state index contributed by atoms with van der Waals surface area (Å²) in [7, 11) is 1.55. The summed E-state index contributed by atoms with van der Waals surface area (Å²) in [5.41, 5.74) is 0.501. The standard InChI is InChI=1S/C11H12Cl2O2/c1-15-8-4-5-10(13)9(7-8)11(14)3-2-6-12/h4-5,7H,2-3,6H2,1H3. The zero-order valence-corrected chi connectivity index (χ0v) is 9.94. The minimum Gasteiger partial charge on any atom is -0.497 e. The van der Waals surface area contributed by atoms with Crippen LogP contribution in [0.5, 0.6) is 5.75 Å². The molecule has 0 N–H and O–H groups in total. The third kappa shape index (κ3) is 3.40. The Morgan fingerprint density at radius 3 is 2.80 bits per heavy atom. The summed E-state index contributed by atoms with van der Waals surface area (Å²) in [5.74, 6) is 1.11. The zero-order chi connectivity index (χ0) is 11.3. The summed E-state index contributed by atoms with van der Waals surface area (Å²) in [5, 5.41) is 0.454. The van der Waals surface area contributed by atoms with Gasteiger partial charge in [0.1, 0.15) is 5.75 Å². The smallest absolute Gasteiger partial charge is 0.164 e. The largest absolute Gasteiger partial charge is 0.497 e. The number of carbonyl (C=O) groups excluding carboxylic acids is 1. The second-order valence-corrected chi connectivity index (χ2v) is 3.85. The number of carbonyl (C=O) groups is 1. The lowest BCUT2D eigenvalue weighted by Gasteiger charge is -2.05. The fourth-order valence-electron chi connectivity index (χ4n) is 1.21. The molecule has 0 amide bonds. The predicted octanol–water partition coefficient (Wildman–Crippen LogP) is 3.55. The zero-order valence-electron chi connectivity index (χ0n) is 8.43. The van der Waals surface area contributed by atoms with Gasteiger partial charge in [-0.05, 0) is 24.6 Å². The molecule has 0 heterocycles. The molecule has 1 aromatic carbocycles. The van der Waals surface area contributed by atoms with Crippen LogP contribution in [0, 0.1) is 0 Å². The molecule has 0 aliphatic heterocycles. The van der Waals surface area contributed by atoms with Gasteiger partial charge in [0.2, 0.25) is 0 Å². The van der Waals surface area contributed by atoms with Crippen molar-refractivity contribution in [3.05, 3.63) is 28.8 Å². The van der Waals surface area contributed by atoms with Crippen molar-refractivity contribution in [2.75, 3.05) is 13.0 Å². The summed E-state index contributed by atoms with van der Waals surface area (Å²) in [6.07, 6.45) is 1.07. The molecule has 0 aromatic heterocycles. The van der Waals surface area contributed by atoms with Gasteiger partial charge in [-0.25, -0.2) is 0 Å². The van der Waals surface area contributed by atoms with Gasteiger partial charge in [-0.1, -0.05) is 11.6 Å². The Morgan fingerprint density at radius 1 is 1.47 bits per heavy atom. The van der Waals surface area contributed by atoms with Crippen molar-refractivity contribution >= 4 is 29.0 Å². The van der Waals surface area contributed by atoms with E-state index in [1.54, 1.807) is 25.3 Å². The topological polar surface area (TPSA) is 26.3 Å². The highest BCUT2D eigenvalue weighted by Crippen LogP contribution is 2.23. The van der Waals surface area contributed by atoms with Gasteiger partial charge in [-0.2, -0.15) is 0 Å². The van der Waals surface area contributed by atoms with Crippen LogP contribution < -0.4 is 4.74 Å². The van der Waals surface area contributed by atoms with Crippen LogP contribution in [-0.2, 0) is 0 Å². The van der Waals surface area contributed by atoms with E-state index in [4.69, 9.17) is 27.9 Å². The molecule has 0 radical (unpaired) electrons. The summed E-state index contributed by atoms with van der Waals surface area (Å²) >= 11 is 11.4. The van der Waals surface area contributed by atoms with Crippen LogP contribution in [0.4, 0.5) is 0 Å². The molecule has 0 saturated heterocycles. The number of hydrogen-bond acceptors (Lipinski definition) is 2. The second kappa shape index (κ2) is 5.99. The van der Waals surface area contributed by atoms with Gasteiger partial charge in [0.05, 0.1) is 12.1 Å². The monoisotopic (exact) mass is 246 g/mol. The lowest BCUT2D eigenvalue weighted by atomic mass is 10.1. The number of ketones is 1. The molecule has 0 saturated carbocycles. The maximum atomic E-state index is 11.7. The van der Waals surface area contributed by atoms with Gasteiger partial charge in [0.15, 0.2) is 5.78 Å². The summed E-state index contributed by atoms with van der Waals surface area (Å²) in [6.45, 7) is 0. The van der Waals surface area contributed by atoms with Crippen molar-refractivity contribution in [2.45, 2.75) is 12.8 Å². The fraction of sp³-hybridized carbons (Fsp3) is 0.364. The van der Waals surface area contributed by atoms with E-state index in [9.17, 15) is 4.79 Å². The number of rotatable bonds is 5. The van der Waals surface area contributed by atoms with Gasteiger partial charge < -0.3 is 4.74 Å². The molecule has 0 fully saturated rings. The maximum absolute atomic E-state index is 11.7. The van der Waals surface area contributed by atoms with E-state index in [1.807, 2.05) is 0 Å². The van der Waals surface area contributed by atoms with Crippen molar-refractivity contribution in [3.63, 3.8) is 0 Å². The average molecular weight is 247 g/mol. The lowest BCUT2D eigenvalue weighted by molar-refractivity contribution is 0.0982. The first-order valence-corrected chi connectivity index (χ1v) is 5.53. The molecule has 1 rings (SSSR count). The number of ether oxygens (including phenoxy) is 1. The van der Waals surface area contributed by atoms with Crippen LogP contribution >= 0.6 is 23.2 Å². The molecule has 0 bridgehead atoms. The van der Waals surface area contributed by atoms with Gasteiger partial charge >= 0.3 is 0 Å². The van der Waals surface area contributed by atoms with Crippen molar-refractivity contribution in [1.82, 2.24) is 0 Å². The highest BCUT2D eigenvalue weighted by Gasteiger charge is 2.10. The van der Waals surface area contributed by atoms with Crippen LogP contribution in [0.25, 0.3) is 0 Å². The van der Waals surface area contributed by atoms with E-state index in [0.29, 0.717) is 35.1 Å². The summed E-state index contributed by atoms with van der Waals surface area (Å²) in [4.78, 5) is 11.7. The first kappa shape index (κ1) is 12.3. The first-order chi connectivity index (χ1) is 7.19. The Hall–Kier alpha value is -0.730. The van der Waals surface area contributed by atoms with Crippen LogP contribution in [-0.4, -0.2) is 18.8 Å². The van der Waals surface area contributed by atoms with E-state index in [-0.39, 0.29) is 5.78 Å². The Labute approximate surface area is 99.1 Å². The minimum atomic E-state index is -0.000417. The third-order valence-corrected chi connectivity index (χ3v) is 2.61. The Kier molecular flexibility index (Phi) is 4.92. The number of benzene rings is 1. The molecule has 15 heavy (non-hydrogen) atoms. The molecular weight excluding hydrogens is 235 g/mol. The highest BCUT2D eigenvalue weighted by molar-refractivity contribution is 6.34. The Morgan fingerprint density at radius 2 is 2.20 bits per heavy atom. The van der Waals surface area contributed by atoms with E-state index >= 15 is 0 Å². The normalized spacial score (nSPS) is 10.1. The predicted molar refractivity (Wildman–Crippen MR) is 62.3 cm³/mol. The van der Waals surface area contributed by atoms with Crippen molar-refractivity contribution in [3.8, 4) is 5.75 Å². The number of hydrogen-bond donors (Lipinski definition) is 0. The van der Waals surface area contributed by atoms with Crippen molar-refractivity contribution < 1.29 is 9.53 Å². The molecular formula is C11H12Cl2O2. The van der Waals surface area contributed by atoms with E-state index in [0.717, 1.165) is 0 Å². The van der Waals surface area contributed by atoms with Gasteiger partial charge in [-0.3, -0.25) is 4.79 Å². The molecule has 4 heteroatoms. The first-order valence-electron chi connectivity index (χ1n) is 4.61. The fourth-order valence-corrected chi connectivity index (χ4v) is 1.56. The van der Waals surface area contributed by atoms with Crippen LogP contribution in [0.2, 0.25) is 5.02 Å². The van der Waals surface area contributed by atoms with E-state index < -0.39 is 0 Å². The van der Waals surface area contributed by atoms with Crippen LogP contribution in [0.15, 0.2) is 18.2 Å². The summed E-state index contributed by atoms with van der Waals surface area (Å²) in [6, 6.07) is 5.04. The number of methoxy groups -OCH3 is 1. The highest BCUT2D eigenvalue weighted by atomic mass is 35.5. The second-order valence-electron chi connectivity index (χ2n) is 3.06. The average Bonchev–Trinajstić information content (AvgIpc) is 2.26. The third-order valence-electron chi connectivity index (χ3n) is 2.01. The number of alkyl halides is 1. The van der Waals surface area contributed by atoms with Gasteiger partial charge in [0.25, 0.3) is 0 Å². The quantitative estimate of drug-likeness (QED) is 0.587. The van der Waals surface area contributed by atoms with Crippen LogP contribution in [0.1, 0.15) is 23.2 Å². The van der Waals surface area contributed by atoms with E-state index in [1.165, 1.54) is 0 Å².